The summed E-state index contributed by atoms with van der Waals surface area (Å²) in [7, 11) is 4.18. The normalized spacial score (nSPS) is 32.8. The Morgan fingerprint density at radius 1 is 1.02 bits per heavy atom. The summed E-state index contributed by atoms with van der Waals surface area (Å²) in [6.07, 6.45) is 9.45. The number of hydrogen-bond donors (Lipinski definition) is 0. The van der Waals surface area contributed by atoms with Crippen LogP contribution in [-0.4, -0.2) is 43.8 Å². The lowest BCUT2D eigenvalue weighted by atomic mass is 9.52. The molecule has 0 N–H and O–H groups in total. The van der Waals surface area contributed by atoms with E-state index in [1.807, 2.05) is 5.01 Å². The summed E-state index contributed by atoms with van der Waals surface area (Å²) in [5.74, 6) is 3.79. The molecule has 0 radical (unpaired) electrons. The number of benzene rings is 2. The van der Waals surface area contributed by atoms with E-state index in [4.69, 9.17) is 19.3 Å². The van der Waals surface area contributed by atoms with Crippen molar-refractivity contribution in [3.63, 3.8) is 0 Å². The second-order valence-electron chi connectivity index (χ2n) is 13.8. The smallest absolute Gasteiger partial charge is 0.165 e. The first-order valence-corrected chi connectivity index (χ1v) is 16.1. The SMILES string of the molecule is CCCC1Cc2cc(OCc3ccccc3)ccc2C2CC[C@]3(C)/C(=N/N(C)C)[C@H](CCC4(C)OCCO4)CC3C12. The highest BCUT2D eigenvalue weighted by Gasteiger charge is 2.58. The third-order valence-corrected chi connectivity index (χ3v) is 10.8. The van der Waals surface area contributed by atoms with Crippen LogP contribution in [0.3, 0.4) is 0 Å². The fourth-order valence-corrected chi connectivity index (χ4v) is 9.02. The second kappa shape index (κ2) is 11.7. The lowest BCUT2D eigenvalue weighted by molar-refractivity contribution is -0.148. The van der Waals surface area contributed by atoms with E-state index in [2.05, 4.69) is 83.4 Å². The number of hydrogen-bond acceptors (Lipinski definition) is 5. The first kappa shape index (κ1) is 28.7. The Balaban J connectivity index is 1.27. The van der Waals surface area contributed by atoms with Gasteiger partial charge in [-0.3, -0.25) is 0 Å². The number of ether oxygens (including phenoxy) is 3. The molecule has 1 aliphatic heterocycles. The third kappa shape index (κ3) is 5.69. The highest BCUT2D eigenvalue weighted by Crippen LogP contribution is 2.63. The van der Waals surface area contributed by atoms with Gasteiger partial charge < -0.3 is 19.2 Å². The van der Waals surface area contributed by atoms with Crippen molar-refractivity contribution >= 4 is 5.71 Å². The van der Waals surface area contributed by atoms with E-state index in [1.54, 1.807) is 5.56 Å². The van der Waals surface area contributed by atoms with Gasteiger partial charge in [0.2, 0.25) is 0 Å². The molecule has 2 aromatic carbocycles. The van der Waals surface area contributed by atoms with Gasteiger partial charge >= 0.3 is 0 Å². The van der Waals surface area contributed by atoms with Gasteiger partial charge in [0.15, 0.2) is 5.79 Å². The summed E-state index contributed by atoms with van der Waals surface area (Å²) < 4.78 is 18.3. The van der Waals surface area contributed by atoms with Gasteiger partial charge in [-0.2, -0.15) is 5.10 Å². The number of fused-ring (bicyclic) bond motifs is 5. The van der Waals surface area contributed by atoms with Gasteiger partial charge in [-0.1, -0.05) is 63.1 Å². The molecule has 2 saturated carbocycles. The fourth-order valence-electron chi connectivity index (χ4n) is 9.02. The Labute approximate surface area is 247 Å². The maximum atomic E-state index is 6.28. The number of rotatable bonds is 9. The van der Waals surface area contributed by atoms with Gasteiger partial charge in [0.1, 0.15) is 12.4 Å². The lowest BCUT2D eigenvalue weighted by Crippen LogP contribution is -2.46. The van der Waals surface area contributed by atoms with Gasteiger partial charge in [0, 0.05) is 37.6 Å². The molecule has 0 bridgehead atoms. The zero-order valence-electron chi connectivity index (χ0n) is 25.9. The molecule has 222 valence electrons. The maximum absolute atomic E-state index is 6.28. The third-order valence-electron chi connectivity index (χ3n) is 10.8. The average molecular weight is 559 g/mol. The van der Waals surface area contributed by atoms with Crippen molar-refractivity contribution in [3.05, 3.63) is 65.2 Å². The average Bonchev–Trinajstić information content (AvgIpc) is 3.52. The van der Waals surface area contributed by atoms with Gasteiger partial charge in [-0.15, -0.1) is 0 Å². The van der Waals surface area contributed by atoms with E-state index in [9.17, 15) is 0 Å². The minimum Gasteiger partial charge on any atom is -0.489 e. The molecule has 4 aliphatic rings. The molecule has 3 aliphatic carbocycles. The van der Waals surface area contributed by atoms with Crippen LogP contribution in [0.5, 0.6) is 5.75 Å². The van der Waals surface area contributed by atoms with Gasteiger partial charge in [0.25, 0.3) is 0 Å². The predicted octanol–water partition coefficient (Wildman–Crippen LogP) is 7.83. The van der Waals surface area contributed by atoms with E-state index in [-0.39, 0.29) is 5.41 Å². The maximum Gasteiger partial charge on any atom is 0.165 e. The van der Waals surface area contributed by atoms with Crippen LogP contribution in [0.2, 0.25) is 0 Å². The summed E-state index contributed by atoms with van der Waals surface area (Å²) in [5, 5.41) is 7.29. The predicted molar refractivity (Wildman–Crippen MR) is 165 cm³/mol. The van der Waals surface area contributed by atoms with E-state index in [0.717, 1.165) is 18.6 Å². The molecule has 5 heteroatoms. The lowest BCUT2D eigenvalue weighted by Gasteiger charge is -2.52. The minimum absolute atomic E-state index is 0.163. The van der Waals surface area contributed by atoms with Crippen molar-refractivity contribution in [2.75, 3.05) is 27.3 Å². The number of nitrogens with zero attached hydrogens (tertiary/aromatic N) is 2. The van der Waals surface area contributed by atoms with Crippen LogP contribution in [0.1, 0.15) is 88.3 Å². The molecule has 2 aromatic rings. The van der Waals surface area contributed by atoms with Crippen molar-refractivity contribution in [2.24, 2.45) is 34.2 Å². The summed E-state index contributed by atoms with van der Waals surface area (Å²) in [5.41, 5.74) is 5.94. The monoisotopic (exact) mass is 558 g/mol. The van der Waals surface area contributed by atoms with Gasteiger partial charge in [-0.25, -0.2) is 0 Å². The minimum atomic E-state index is -0.435. The molecule has 5 nitrogen and oxygen atoms in total. The molecule has 1 heterocycles. The highest BCUT2D eigenvalue weighted by molar-refractivity contribution is 5.94. The van der Waals surface area contributed by atoms with Crippen molar-refractivity contribution < 1.29 is 14.2 Å². The Hall–Kier alpha value is -2.37. The van der Waals surface area contributed by atoms with Crippen molar-refractivity contribution in [1.82, 2.24) is 5.01 Å². The first-order chi connectivity index (χ1) is 19.8. The van der Waals surface area contributed by atoms with E-state index in [0.29, 0.717) is 49.4 Å². The van der Waals surface area contributed by atoms with Crippen LogP contribution >= 0.6 is 0 Å². The van der Waals surface area contributed by atoms with Crippen molar-refractivity contribution in [1.29, 1.82) is 0 Å². The molecule has 6 rings (SSSR count). The second-order valence-corrected chi connectivity index (χ2v) is 13.8. The van der Waals surface area contributed by atoms with Crippen LogP contribution in [0.25, 0.3) is 0 Å². The quantitative estimate of drug-likeness (QED) is 0.294. The number of hydrazone groups is 1. The Morgan fingerprint density at radius 3 is 2.54 bits per heavy atom. The van der Waals surface area contributed by atoms with Crippen molar-refractivity contribution in [2.45, 2.75) is 90.4 Å². The van der Waals surface area contributed by atoms with E-state index < -0.39 is 5.79 Å². The van der Waals surface area contributed by atoms with E-state index in [1.165, 1.54) is 55.4 Å². The van der Waals surface area contributed by atoms with E-state index >= 15 is 0 Å². The Kier molecular flexibility index (Phi) is 8.22. The zero-order valence-corrected chi connectivity index (χ0v) is 25.9. The van der Waals surface area contributed by atoms with Crippen LogP contribution in [0.15, 0.2) is 53.6 Å². The molecule has 0 aromatic heterocycles. The fraction of sp³-hybridized carbons (Fsp3) is 0.639. The summed E-state index contributed by atoms with van der Waals surface area (Å²) in [4.78, 5) is 0. The van der Waals surface area contributed by atoms with Crippen LogP contribution in [0, 0.1) is 29.1 Å². The summed E-state index contributed by atoms with van der Waals surface area (Å²) in [6, 6.07) is 17.5. The highest BCUT2D eigenvalue weighted by atomic mass is 16.7. The Bertz CT molecular complexity index is 1220. The van der Waals surface area contributed by atoms with Gasteiger partial charge in [0.05, 0.1) is 13.2 Å². The topological polar surface area (TPSA) is 43.3 Å². The first-order valence-electron chi connectivity index (χ1n) is 16.1. The molecule has 1 saturated heterocycles. The molecule has 4 unspecified atom stereocenters. The van der Waals surface area contributed by atoms with Crippen LogP contribution in [0.4, 0.5) is 0 Å². The molecule has 41 heavy (non-hydrogen) atoms. The molecule has 3 fully saturated rings. The molecular formula is C36H50N2O3. The van der Waals surface area contributed by atoms with Gasteiger partial charge in [-0.05, 0) is 91.5 Å². The summed E-state index contributed by atoms with van der Waals surface area (Å²) >= 11 is 0. The molecular weight excluding hydrogens is 508 g/mol. The summed E-state index contributed by atoms with van der Waals surface area (Å²) in [6.45, 7) is 9.08. The van der Waals surface area contributed by atoms with Crippen LogP contribution < -0.4 is 4.74 Å². The Morgan fingerprint density at radius 2 is 1.80 bits per heavy atom. The zero-order chi connectivity index (χ0) is 28.6. The van der Waals surface area contributed by atoms with Crippen LogP contribution in [-0.2, 0) is 22.5 Å². The molecule has 0 amide bonds. The molecule has 0 spiro atoms. The largest absolute Gasteiger partial charge is 0.489 e. The standard InChI is InChI=1S/C36H50N2O3/c1-6-10-26-21-28-22-29(39-24-25-11-8-7-9-12-25)13-14-30(28)31-16-17-35(2)32(33(26)31)23-27(34(35)37-38(4)5)15-18-36(3)40-19-20-41-36/h7-9,11-14,22,26-27,31-33H,6,10,15-21,23-24H2,1-5H3/b37-34+/t26?,27-,31?,32?,33?,35+/m1/s1. The molecule has 6 atom stereocenters. The van der Waals surface area contributed by atoms with Crippen molar-refractivity contribution in [3.8, 4) is 5.75 Å².